The molecule has 6 rings (SSSR count). The molecule has 2 heterocycles. The van der Waals surface area contributed by atoms with Gasteiger partial charge in [-0.15, -0.1) is 0 Å². The van der Waals surface area contributed by atoms with Crippen LogP contribution in [0.1, 0.15) is 13.8 Å². The summed E-state index contributed by atoms with van der Waals surface area (Å²) in [5.41, 5.74) is 0. The number of rotatable bonds is 8. The van der Waals surface area contributed by atoms with Crippen LogP contribution in [0.15, 0.2) is 12.2 Å². The van der Waals surface area contributed by atoms with Crippen molar-refractivity contribution in [3.05, 3.63) is 12.2 Å². The minimum Gasteiger partial charge on any atom is -0.327 e. The highest BCUT2D eigenvalue weighted by Gasteiger charge is 2.74. The van der Waals surface area contributed by atoms with Gasteiger partial charge in [-0.1, -0.05) is 12.2 Å². The number of carbonyl (C=O) groups excluding carboxylic acids is 4. The Bertz CT molecular complexity index is 916. The van der Waals surface area contributed by atoms with Gasteiger partial charge in [-0.25, -0.2) is 0 Å². The largest absolute Gasteiger partial charge is 0.327 e. The summed E-state index contributed by atoms with van der Waals surface area (Å²) >= 11 is 0. The minimum atomic E-state index is -0.366. The summed E-state index contributed by atoms with van der Waals surface area (Å²) in [6.07, 6.45) is 4.17. The summed E-state index contributed by atoms with van der Waals surface area (Å²) in [7, 11) is 8.42. The third-order valence-corrected chi connectivity index (χ3v) is 10.1. The number of likely N-dealkylation sites (N-methyl/N-ethyl adjacent to an activating group) is 2. The standard InChI is InChI=1S/C26H40N4O4/c1-7-29(3,4)13-11-27-23(31)19-15-9-10-16(20(19)24(27)32)18-17(15)21-22(18)26(34)28(25(21)33)12-14-30(5,6)8-2/h9-10,15-22H,7-8,11-14H2,1-6H3/q+2/t15-,16?,17-,18?,19-,20+,21+,22-/m0/s1. The van der Waals surface area contributed by atoms with Gasteiger partial charge >= 0.3 is 0 Å². The van der Waals surface area contributed by atoms with Crippen molar-refractivity contribution in [2.24, 2.45) is 47.3 Å². The van der Waals surface area contributed by atoms with Crippen LogP contribution in [0, 0.1) is 47.3 Å². The van der Waals surface area contributed by atoms with Crippen LogP contribution in [0.4, 0.5) is 0 Å². The molecule has 0 aromatic rings. The van der Waals surface area contributed by atoms with Gasteiger partial charge in [-0.2, -0.15) is 0 Å². The van der Waals surface area contributed by atoms with Crippen LogP contribution in [0.2, 0.25) is 0 Å². The van der Waals surface area contributed by atoms with Crippen molar-refractivity contribution in [1.29, 1.82) is 0 Å². The van der Waals surface area contributed by atoms with E-state index in [9.17, 15) is 19.2 Å². The van der Waals surface area contributed by atoms with Crippen LogP contribution >= 0.6 is 0 Å². The monoisotopic (exact) mass is 472 g/mol. The second-order valence-electron chi connectivity index (χ2n) is 12.4. The number of likely N-dealkylation sites (tertiary alicyclic amines) is 2. The molecule has 0 aromatic carbocycles. The molecule has 186 valence electrons. The number of quaternary nitrogens is 2. The number of allylic oxidation sites excluding steroid dienone is 2. The van der Waals surface area contributed by atoms with Gasteiger partial charge in [0, 0.05) is 0 Å². The van der Waals surface area contributed by atoms with E-state index in [2.05, 4.69) is 54.2 Å². The molecule has 2 saturated heterocycles. The molecule has 4 fully saturated rings. The Morgan fingerprint density at radius 1 is 0.618 bits per heavy atom. The van der Waals surface area contributed by atoms with Gasteiger partial charge in [-0.3, -0.25) is 29.0 Å². The van der Waals surface area contributed by atoms with E-state index in [1.165, 1.54) is 9.80 Å². The average Bonchev–Trinajstić information content (AvgIpc) is 3.15. The van der Waals surface area contributed by atoms with E-state index in [1.807, 2.05) is 0 Å². The molecule has 0 spiro atoms. The summed E-state index contributed by atoms with van der Waals surface area (Å²) in [5.74, 6) is -1.82. The molecule has 6 aliphatic rings. The van der Waals surface area contributed by atoms with E-state index in [4.69, 9.17) is 0 Å². The maximum atomic E-state index is 13.5. The highest BCUT2D eigenvalue weighted by molar-refractivity contribution is 6.09. The lowest BCUT2D eigenvalue weighted by Gasteiger charge is -2.60. The van der Waals surface area contributed by atoms with Crippen molar-refractivity contribution in [3.8, 4) is 0 Å². The topological polar surface area (TPSA) is 74.8 Å². The molecule has 2 unspecified atom stereocenters. The average molecular weight is 473 g/mol. The van der Waals surface area contributed by atoms with Crippen LogP contribution in [-0.4, -0.2) is 110 Å². The van der Waals surface area contributed by atoms with Crippen LogP contribution in [-0.2, 0) is 19.2 Å². The Kier molecular flexibility index (Phi) is 5.37. The van der Waals surface area contributed by atoms with E-state index < -0.39 is 0 Å². The minimum absolute atomic E-state index is 0.0101. The van der Waals surface area contributed by atoms with Crippen molar-refractivity contribution in [2.45, 2.75) is 13.8 Å². The third-order valence-electron chi connectivity index (χ3n) is 10.1. The Balaban J connectivity index is 1.36. The lowest BCUT2D eigenvalue weighted by molar-refractivity contribution is -0.887. The van der Waals surface area contributed by atoms with E-state index in [-0.39, 0.29) is 71.0 Å². The zero-order valence-corrected chi connectivity index (χ0v) is 21.4. The van der Waals surface area contributed by atoms with Crippen molar-refractivity contribution in [1.82, 2.24) is 9.80 Å². The number of hydrogen-bond acceptors (Lipinski definition) is 4. The van der Waals surface area contributed by atoms with Gasteiger partial charge in [0.2, 0.25) is 23.6 Å². The SMILES string of the molecule is CC[N+](C)(C)CCN1C(=O)[C@H]2[C@H]3C=CC(C4[C@H]3[C@H]3C(=O)N(CC[N+](C)(C)CC)C(=O)[C@@H]43)[C@H]2C1=O. The Morgan fingerprint density at radius 3 is 1.26 bits per heavy atom. The number of fused-ring (bicyclic) bond motifs is 1. The number of carbonyl (C=O) groups is 4. The lowest BCUT2D eigenvalue weighted by Crippen LogP contribution is -2.63. The zero-order valence-electron chi connectivity index (χ0n) is 21.4. The highest BCUT2D eigenvalue weighted by Crippen LogP contribution is 2.68. The van der Waals surface area contributed by atoms with E-state index >= 15 is 0 Å². The van der Waals surface area contributed by atoms with Gasteiger partial charge in [0.1, 0.15) is 0 Å². The van der Waals surface area contributed by atoms with Crippen LogP contribution in [0.3, 0.4) is 0 Å². The van der Waals surface area contributed by atoms with Crippen LogP contribution in [0.5, 0.6) is 0 Å². The molecule has 8 nitrogen and oxygen atoms in total. The summed E-state index contributed by atoms with van der Waals surface area (Å²) in [6.45, 7) is 8.41. The molecule has 0 N–H and O–H groups in total. The fourth-order valence-electron chi connectivity index (χ4n) is 7.22. The maximum Gasteiger partial charge on any atom is 0.233 e. The second-order valence-corrected chi connectivity index (χ2v) is 12.4. The highest BCUT2D eigenvalue weighted by atomic mass is 16.2. The van der Waals surface area contributed by atoms with Crippen molar-refractivity contribution in [2.75, 3.05) is 67.5 Å². The molecule has 2 saturated carbocycles. The maximum absolute atomic E-state index is 13.5. The van der Waals surface area contributed by atoms with Gasteiger partial charge in [0.05, 0.1) is 91.1 Å². The molecule has 4 aliphatic carbocycles. The molecule has 8 atom stereocenters. The van der Waals surface area contributed by atoms with Crippen LogP contribution in [0.25, 0.3) is 0 Å². The first-order valence-corrected chi connectivity index (χ1v) is 13.0. The number of nitrogens with zero attached hydrogens (tertiary/aromatic N) is 4. The summed E-state index contributed by atoms with van der Waals surface area (Å²) in [6, 6.07) is 0. The van der Waals surface area contributed by atoms with E-state index in [1.54, 1.807) is 0 Å². The first-order chi connectivity index (χ1) is 15.9. The number of imide groups is 2. The molecule has 0 radical (unpaired) electrons. The van der Waals surface area contributed by atoms with Crippen LogP contribution < -0.4 is 0 Å². The molecule has 2 bridgehead atoms. The molecule has 4 amide bonds. The zero-order chi connectivity index (χ0) is 24.7. The molecule has 0 aromatic heterocycles. The van der Waals surface area contributed by atoms with Gasteiger partial charge < -0.3 is 8.97 Å². The predicted molar refractivity (Wildman–Crippen MR) is 126 cm³/mol. The normalized spacial score (nSPS) is 38.4. The number of amides is 4. The lowest BCUT2D eigenvalue weighted by atomic mass is 9.40. The fourth-order valence-corrected chi connectivity index (χ4v) is 7.22. The summed E-state index contributed by atoms with van der Waals surface area (Å²) in [5, 5.41) is 0. The second kappa shape index (κ2) is 7.72. The quantitative estimate of drug-likeness (QED) is 0.292. The smallest absolute Gasteiger partial charge is 0.233 e. The first-order valence-electron chi connectivity index (χ1n) is 13.0. The molecule has 34 heavy (non-hydrogen) atoms. The van der Waals surface area contributed by atoms with E-state index in [0.29, 0.717) is 13.1 Å². The van der Waals surface area contributed by atoms with Crippen molar-refractivity contribution in [3.63, 3.8) is 0 Å². The fraction of sp³-hybridized carbons (Fsp3) is 0.769. The Hall–Kier alpha value is -2.06. The number of hydrogen-bond donors (Lipinski definition) is 0. The first kappa shape index (κ1) is 23.7. The molecule has 2 aliphatic heterocycles. The Morgan fingerprint density at radius 2 is 0.941 bits per heavy atom. The van der Waals surface area contributed by atoms with Crippen molar-refractivity contribution < 1.29 is 28.1 Å². The third kappa shape index (κ3) is 3.17. The Labute approximate surface area is 202 Å². The van der Waals surface area contributed by atoms with E-state index in [0.717, 1.165) is 35.1 Å². The van der Waals surface area contributed by atoms with Gasteiger partial charge in [0.25, 0.3) is 0 Å². The molecule has 8 heteroatoms. The van der Waals surface area contributed by atoms with Gasteiger partial charge in [-0.05, 0) is 37.5 Å². The van der Waals surface area contributed by atoms with Crippen molar-refractivity contribution >= 4 is 23.6 Å². The van der Waals surface area contributed by atoms with Gasteiger partial charge in [0.15, 0.2) is 0 Å². The summed E-state index contributed by atoms with van der Waals surface area (Å²) in [4.78, 5) is 56.7. The molecular formula is C26H40N4O4+2. The molecular weight excluding hydrogens is 432 g/mol. The summed E-state index contributed by atoms with van der Waals surface area (Å²) < 4.78 is 1.50. The predicted octanol–water partition coefficient (Wildman–Crippen LogP) is 0.443.